The standard InChI is InChI=1S/C14H10.B2H4O3/c1-2-6-12-10-14-8-4-3-7-13(14)9-11(12)5-1;3-1-5-2-4/h1-10H;1-4H. The van der Waals surface area contributed by atoms with E-state index in [1.165, 1.54) is 21.5 Å². The van der Waals surface area contributed by atoms with Crippen LogP contribution in [0.3, 0.4) is 0 Å². The quantitative estimate of drug-likeness (QED) is 0.536. The molecule has 0 bridgehead atoms. The van der Waals surface area contributed by atoms with Crippen LogP contribution < -0.4 is 0 Å². The molecule has 94 valence electrons. The highest BCUT2D eigenvalue weighted by Crippen LogP contribution is 2.21. The van der Waals surface area contributed by atoms with Crippen molar-refractivity contribution in [2.24, 2.45) is 0 Å². The van der Waals surface area contributed by atoms with Gasteiger partial charge in [-0.3, -0.25) is 0 Å². The fraction of sp³-hybridized carbons (Fsp3) is 0. The van der Waals surface area contributed by atoms with Crippen molar-refractivity contribution in [2.75, 3.05) is 0 Å². The van der Waals surface area contributed by atoms with Gasteiger partial charge in [-0.1, -0.05) is 48.5 Å². The van der Waals surface area contributed by atoms with Crippen LogP contribution in [0.1, 0.15) is 0 Å². The monoisotopic (exact) mass is 252 g/mol. The van der Waals surface area contributed by atoms with Gasteiger partial charge < -0.3 is 14.6 Å². The van der Waals surface area contributed by atoms with E-state index < -0.39 is 15.4 Å². The maximum atomic E-state index is 7.68. The lowest BCUT2D eigenvalue weighted by Gasteiger charge is -2.00. The van der Waals surface area contributed by atoms with Crippen molar-refractivity contribution in [3.63, 3.8) is 0 Å². The lowest BCUT2D eigenvalue weighted by atomic mass is 10.0. The van der Waals surface area contributed by atoms with Crippen LogP contribution in [-0.2, 0) is 4.57 Å². The Morgan fingerprint density at radius 3 is 1.16 bits per heavy atom. The molecule has 0 fully saturated rings. The third-order valence-corrected chi connectivity index (χ3v) is 2.80. The highest BCUT2D eigenvalue weighted by atomic mass is 16.5. The normalized spacial score (nSPS) is 9.79. The van der Waals surface area contributed by atoms with E-state index in [2.05, 4.69) is 65.2 Å². The molecule has 0 amide bonds. The summed E-state index contributed by atoms with van der Waals surface area (Å²) >= 11 is 0. The molecule has 0 saturated carbocycles. The second-order valence-electron chi connectivity index (χ2n) is 4.01. The summed E-state index contributed by atoms with van der Waals surface area (Å²) < 4.78 is 3.94. The number of hydrogen-bond donors (Lipinski definition) is 2. The lowest BCUT2D eigenvalue weighted by molar-refractivity contribution is 0.408. The van der Waals surface area contributed by atoms with E-state index in [-0.39, 0.29) is 0 Å². The predicted molar refractivity (Wildman–Crippen MR) is 81.3 cm³/mol. The molecule has 3 nitrogen and oxygen atoms in total. The molecule has 0 atom stereocenters. The molecule has 0 aliphatic heterocycles. The number of rotatable bonds is 2. The molecule has 0 aromatic heterocycles. The number of hydrogen-bond acceptors (Lipinski definition) is 3. The van der Waals surface area contributed by atoms with Gasteiger partial charge in [0, 0.05) is 0 Å². The van der Waals surface area contributed by atoms with E-state index in [1.807, 2.05) is 0 Å². The molecule has 19 heavy (non-hydrogen) atoms. The van der Waals surface area contributed by atoms with Gasteiger partial charge >= 0.3 is 15.4 Å². The summed E-state index contributed by atoms with van der Waals surface area (Å²) in [7, 11) is -0.812. The van der Waals surface area contributed by atoms with Crippen LogP contribution in [0.4, 0.5) is 0 Å². The lowest BCUT2D eigenvalue weighted by Crippen LogP contribution is -2.00. The van der Waals surface area contributed by atoms with Crippen LogP contribution in [0.25, 0.3) is 21.5 Å². The van der Waals surface area contributed by atoms with Crippen LogP contribution >= 0.6 is 0 Å². The Hall–Kier alpha value is -1.81. The molecule has 3 aromatic rings. The Morgan fingerprint density at radius 2 is 0.947 bits per heavy atom. The highest BCUT2D eigenvalue weighted by Gasteiger charge is 1.95. The van der Waals surface area contributed by atoms with Crippen molar-refractivity contribution in [3.8, 4) is 0 Å². The van der Waals surface area contributed by atoms with Crippen molar-refractivity contribution in [2.45, 2.75) is 0 Å². The Morgan fingerprint density at radius 1 is 0.632 bits per heavy atom. The van der Waals surface area contributed by atoms with E-state index in [0.29, 0.717) is 0 Å². The summed E-state index contributed by atoms with van der Waals surface area (Å²) in [5.74, 6) is 0. The molecular formula is C14H14B2O3. The first-order valence-electron chi connectivity index (χ1n) is 6.02. The zero-order valence-corrected chi connectivity index (χ0v) is 10.5. The van der Waals surface area contributed by atoms with Gasteiger partial charge in [-0.15, -0.1) is 0 Å². The third kappa shape index (κ3) is 3.58. The van der Waals surface area contributed by atoms with Crippen molar-refractivity contribution in [1.82, 2.24) is 0 Å². The maximum Gasteiger partial charge on any atom is 0.421 e. The largest absolute Gasteiger partial charge is 0.457 e. The van der Waals surface area contributed by atoms with Crippen LogP contribution in [0.5, 0.6) is 0 Å². The van der Waals surface area contributed by atoms with Crippen LogP contribution in [0, 0.1) is 0 Å². The maximum absolute atomic E-state index is 7.68. The van der Waals surface area contributed by atoms with Crippen LogP contribution in [-0.4, -0.2) is 25.4 Å². The smallest absolute Gasteiger partial charge is 0.421 e. The molecule has 3 rings (SSSR count). The van der Waals surface area contributed by atoms with E-state index >= 15 is 0 Å². The Labute approximate surface area is 113 Å². The first kappa shape index (κ1) is 13.6. The third-order valence-electron chi connectivity index (χ3n) is 2.80. The molecule has 0 heterocycles. The fourth-order valence-corrected chi connectivity index (χ4v) is 1.92. The summed E-state index contributed by atoms with van der Waals surface area (Å²) in [6, 6.07) is 21.4. The Balaban J connectivity index is 0.000000232. The first-order chi connectivity index (χ1) is 9.35. The second kappa shape index (κ2) is 6.95. The topological polar surface area (TPSA) is 49.7 Å². The van der Waals surface area contributed by atoms with E-state index in [9.17, 15) is 0 Å². The first-order valence-corrected chi connectivity index (χ1v) is 6.02. The molecule has 0 spiro atoms. The minimum Gasteiger partial charge on any atom is -0.457 e. The Bertz CT molecular complexity index is 551. The van der Waals surface area contributed by atoms with Gasteiger partial charge in [0.05, 0.1) is 0 Å². The number of benzene rings is 3. The Kier molecular flexibility index (Phi) is 4.98. The average Bonchev–Trinajstić information content (AvgIpc) is 2.46. The zero-order valence-electron chi connectivity index (χ0n) is 10.5. The minimum atomic E-state index is -0.406. The molecule has 0 aliphatic carbocycles. The van der Waals surface area contributed by atoms with Gasteiger partial charge in [-0.2, -0.15) is 0 Å². The fourth-order valence-electron chi connectivity index (χ4n) is 1.92. The van der Waals surface area contributed by atoms with Gasteiger partial charge in [0.25, 0.3) is 0 Å². The van der Waals surface area contributed by atoms with Gasteiger partial charge in [0.2, 0.25) is 0 Å². The summed E-state index contributed by atoms with van der Waals surface area (Å²) in [5.41, 5.74) is 0. The van der Waals surface area contributed by atoms with Crippen molar-refractivity contribution in [3.05, 3.63) is 60.7 Å². The van der Waals surface area contributed by atoms with E-state index in [1.54, 1.807) is 0 Å². The molecule has 5 heteroatoms. The van der Waals surface area contributed by atoms with Crippen molar-refractivity contribution < 1.29 is 14.6 Å². The van der Waals surface area contributed by atoms with Gasteiger partial charge in [-0.05, 0) is 33.7 Å². The summed E-state index contributed by atoms with van der Waals surface area (Å²) in [6.45, 7) is 0. The molecule has 3 aromatic carbocycles. The summed E-state index contributed by atoms with van der Waals surface area (Å²) in [5, 5.41) is 20.6. The SMILES string of the molecule is OBOBO.c1ccc2cc3ccccc3cc2c1. The molecule has 0 unspecified atom stereocenters. The summed E-state index contributed by atoms with van der Waals surface area (Å²) in [6.07, 6.45) is 0. The van der Waals surface area contributed by atoms with Gasteiger partial charge in [-0.25, -0.2) is 0 Å². The summed E-state index contributed by atoms with van der Waals surface area (Å²) in [4.78, 5) is 0. The molecular weight excluding hydrogens is 238 g/mol. The highest BCUT2D eigenvalue weighted by molar-refractivity contribution is 6.32. The molecule has 0 radical (unpaired) electrons. The van der Waals surface area contributed by atoms with E-state index in [4.69, 9.17) is 10.0 Å². The number of fused-ring (bicyclic) bond motifs is 2. The predicted octanol–water partition coefficient (Wildman–Crippen LogP) is 1.51. The molecule has 2 N–H and O–H groups in total. The molecule has 0 aliphatic rings. The van der Waals surface area contributed by atoms with Crippen LogP contribution in [0.2, 0.25) is 0 Å². The second-order valence-corrected chi connectivity index (χ2v) is 4.01. The average molecular weight is 252 g/mol. The zero-order chi connectivity index (χ0) is 13.5. The van der Waals surface area contributed by atoms with E-state index in [0.717, 1.165) is 0 Å². The van der Waals surface area contributed by atoms with Gasteiger partial charge in [0.15, 0.2) is 0 Å². The van der Waals surface area contributed by atoms with Gasteiger partial charge in [0.1, 0.15) is 0 Å². The van der Waals surface area contributed by atoms with Crippen molar-refractivity contribution in [1.29, 1.82) is 0 Å². The minimum absolute atomic E-state index is 0.406. The van der Waals surface area contributed by atoms with Crippen LogP contribution in [0.15, 0.2) is 60.7 Å². The molecule has 0 saturated heterocycles. The van der Waals surface area contributed by atoms with Crippen molar-refractivity contribution >= 4 is 36.9 Å².